The number of nitrogens with zero attached hydrogens (tertiary/aromatic N) is 3. The van der Waals surface area contributed by atoms with Gasteiger partial charge in [-0.15, -0.1) is 0 Å². The number of aromatic nitrogens is 3. The highest BCUT2D eigenvalue weighted by Crippen LogP contribution is 2.30. The molecule has 0 bridgehead atoms. The Balaban J connectivity index is 0.00000196. The van der Waals surface area contributed by atoms with E-state index >= 15 is 0 Å². The van der Waals surface area contributed by atoms with Gasteiger partial charge >= 0.3 is 12.1 Å². The van der Waals surface area contributed by atoms with Crippen LogP contribution in [0.3, 0.4) is 0 Å². The molecule has 9 heteroatoms. The van der Waals surface area contributed by atoms with Crippen molar-refractivity contribution in [2.24, 2.45) is 0 Å². The quantitative estimate of drug-likeness (QED) is 0.415. The highest BCUT2D eigenvalue weighted by Gasteiger charge is 2.31. The Labute approximate surface area is 143 Å². The molecule has 0 radical (unpaired) electrons. The third-order valence-electron chi connectivity index (χ3n) is 3.93. The van der Waals surface area contributed by atoms with E-state index in [0.29, 0.717) is 5.39 Å². The monoisotopic (exact) mass is 365 g/mol. The molecule has 4 aromatic rings. The minimum absolute atomic E-state index is 0. The van der Waals surface area contributed by atoms with Crippen LogP contribution in [0.15, 0.2) is 54.6 Å². The third-order valence-corrected chi connectivity index (χ3v) is 3.93. The van der Waals surface area contributed by atoms with Crippen LogP contribution in [0, 0.1) is 5.82 Å². The molecule has 26 heavy (non-hydrogen) atoms. The third kappa shape index (κ3) is 2.62. The first-order valence-electron chi connectivity index (χ1n) is 7.25. The van der Waals surface area contributed by atoms with Gasteiger partial charge in [-0.2, -0.15) is 13.2 Å². The van der Waals surface area contributed by atoms with Crippen molar-refractivity contribution in [3.63, 3.8) is 0 Å². The summed E-state index contributed by atoms with van der Waals surface area (Å²) in [6.45, 7) is 0. The second-order valence-corrected chi connectivity index (χ2v) is 5.48. The summed E-state index contributed by atoms with van der Waals surface area (Å²) in [6.07, 6.45) is -4.45. The van der Waals surface area contributed by atoms with Crippen LogP contribution in [0.2, 0.25) is 0 Å². The molecule has 5 nitrogen and oxygen atoms in total. The molecule has 0 spiro atoms. The van der Waals surface area contributed by atoms with Gasteiger partial charge in [0, 0.05) is 5.39 Å². The van der Waals surface area contributed by atoms with Crippen LogP contribution in [0.25, 0.3) is 22.1 Å². The van der Waals surface area contributed by atoms with Crippen molar-refractivity contribution in [2.45, 2.75) is 6.18 Å². The number of fused-ring (bicyclic) bond motifs is 3. The molecule has 0 aliphatic rings. The summed E-state index contributed by atoms with van der Waals surface area (Å²) >= 11 is 0. The van der Waals surface area contributed by atoms with E-state index in [-0.39, 0.29) is 28.1 Å². The average Bonchev–Trinajstić information content (AvgIpc) is 2.91. The lowest BCUT2D eigenvalue weighted by molar-refractivity contribution is -0.556. The maximum atomic E-state index is 14.2. The van der Waals surface area contributed by atoms with Crippen LogP contribution in [0.1, 0.15) is 5.56 Å². The lowest BCUT2D eigenvalue weighted by Gasteiger charge is -2.05. The fourth-order valence-corrected chi connectivity index (χ4v) is 2.72. The van der Waals surface area contributed by atoms with E-state index in [1.54, 1.807) is 24.3 Å². The molecule has 0 atom stereocenters. The minimum atomic E-state index is -4.45. The first kappa shape index (κ1) is 17.6. The number of alkyl halides is 3. The Kier molecular flexibility index (Phi) is 4.03. The van der Waals surface area contributed by atoms with Gasteiger partial charge in [0.1, 0.15) is 5.21 Å². The Hall–Kier alpha value is -3.20. The van der Waals surface area contributed by atoms with E-state index in [9.17, 15) is 22.7 Å². The number of pyridine rings is 1. The zero-order valence-corrected chi connectivity index (χ0v) is 12.9. The standard InChI is InChI=1S/C17H9F4N3O.H2O/c18-13-3-1-2-10-4-9-14-16(25)23(22-24(14)15(10)13)12-7-5-11(6-8-12)17(19,20)21;/h1-9H;1H2. The molecule has 0 aliphatic heterocycles. The SMILES string of the molecule is Oc1c2ccc3cccc(F)c3[n+]2nn1-c1ccc(C(F)(F)F)cc1.[OH-]. The molecule has 0 amide bonds. The Bertz CT molecular complexity index is 1110. The number of para-hydroxylation sites is 1. The van der Waals surface area contributed by atoms with Crippen LogP contribution >= 0.6 is 0 Å². The van der Waals surface area contributed by atoms with Crippen LogP contribution in [-0.2, 0) is 6.18 Å². The minimum Gasteiger partial charge on any atom is -0.870 e. The molecule has 2 N–H and O–H groups in total. The molecule has 0 aliphatic carbocycles. The maximum Gasteiger partial charge on any atom is 0.416 e. The summed E-state index contributed by atoms with van der Waals surface area (Å²) < 4.78 is 54.5. The summed E-state index contributed by atoms with van der Waals surface area (Å²) in [4.78, 5) is 0. The second-order valence-electron chi connectivity index (χ2n) is 5.48. The second kappa shape index (κ2) is 5.95. The van der Waals surface area contributed by atoms with Crippen molar-refractivity contribution in [2.75, 3.05) is 0 Å². The average molecular weight is 365 g/mol. The predicted octanol–water partition coefficient (Wildman–Crippen LogP) is 3.45. The molecule has 4 rings (SSSR count). The number of hydrogen-bond acceptors (Lipinski definition) is 3. The van der Waals surface area contributed by atoms with Crippen molar-refractivity contribution < 1.29 is 32.7 Å². The number of benzene rings is 2. The van der Waals surface area contributed by atoms with Crippen molar-refractivity contribution in [1.29, 1.82) is 0 Å². The van der Waals surface area contributed by atoms with E-state index in [1.807, 2.05) is 0 Å². The fraction of sp³-hybridized carbons (Fsp3) is 0.0588. The Morgan fingerprint density at radius 3 is 2.31 bits per heavy atom. The summed E-state index contributed by atoms with van der Waals surface area (Å²) in [5.74, 6) is -0.824. The smallest absolute Gasteiger partial charge is 0.416 e. The van der Waals surface area contributed by atoms with Gasteiger partial charge in [0.25, 0.3) is 0 Å². The Morgan fingerprint density at radius 1 is 0.962 bits per heavy atom. The molecule has 2 aromatic carbocycles. The zero-order chi connectivity index (χ0) is 17.8. The van der Waals surface area contributed by atoms with Gasteiger partial charge in [-0.25, -0.2) is 4.39 Å². The van der Waals surface area contributed by atoms with Gasteiger partial charge in [0.15, 0.2) is 17.0 Å². The van der Waals surface area contributed by atoms with Crippen LogP contribution < -0.4 is 4.52 Å². The van der Waals surface area contributed by atoms with E-state index in [1.165, 1.54) is 22.7 Å². The van der Waals surface area contributed by atoms with Crippen LogP contribution in [0.5, 0.6) is 5.88 Å². The molecule has 0 unspecified atom stereocenters. The van der Waals surface area contributed by atoms with Crippen LogP contribution in [0.4, 0.5) is 17.6 Å². The van der Waals surface area contributed by atoms with Gasteiger partial charge in [-0.05, 0) is 42.5 Å². The molecular formula is C17H11F4N3O2. The molecule has 134 valence electrons. The van der Waals surface area contributed by atoms with Gasteiger partial charge in [-0.3, -0.25) is 0 Å². The van der Waals surface area contributed by atoms with Crippen molar-refractivity contribution in [3.8, 4) is 11.6 Å². The summed E-state index contributed by atoms with van der Waals surface area (Å²) in [6, 6.07) is 11.9. The fourth-order valence-electron chi connectivity index (χ4n) is 2.72. The van der Waals surface area contributed by atoms with Gasteiger partial charge in [0.2, 0.25) is 5.52 Å². The van der Waals surface area contributed by atoms with Gasteiger partial charge in [0.05, 0.1) is 5.56 Å². The van der Waals surface area contributed by atoms with Crippen molar-refractivity contribution in [3.05, 3.63) is 66.0 Å². The lowest BCUT2D eigenvalue weighted by atomic mass is 10.2. The highest BCUT2D eigenvalue weighted by molar-refractivity contribution is 5.78. The number of aromatic hydroxyl groups is 1. The molecule has 2 heterocycles. The molecule has 0 saturated heterocycles. The number of halogens is 4. The van der Waals surface area contributed by atoms with Crippen molar-refractivity contribution >= 4 is 16.4 Å². The van der Waals surface area contributed by atoms with E-state index < -0.39 is 17.6 Å². The topological polar surface area (TPSA) is 72.2 Å². The number of rotatable bonds is 1. The summed E-state index contributed by atoms with van der Waals surface area (Å²) in [7, 11) is 0. The predicted molar refractivity (Wildman–Crippen MR) is 82.8 cm³/mol. The maximum absolute atomic E-state index is 14.2. The molecule has 2 aromatic heterocycles. The Morgan fingerprint density at radius 2 is 1.65 bits per heavy atom. The van der Waals surface area contributed by atoms with Crippen LogP contribution in [-0.4, -0.2) is 20.5 Å². The van der Waals surface area contributed by atoms with E-state index in [2.05, 4.69) is 5.21 Å². The largest absolute Gasteiger partial charge is 0.870 e. The van der Waals surface area contributed by atoms with Gasteiger partial charge < -0.3 is 10.6 Å². The van der Waals surface area contributed by atoms with E-state index in [0.717, 1.165) is 16.8 Å². The molecule has 0 fully saturated rings. The zero-order valence-electron chi connectivity index (χ0n) is 12.9. The highest BCUT2D eigenvalue weighted by atomic mass is 19.4. The number of hydrogen-bond donors (Lipinski definition) is 1. The first-order chi connectivity index (χ1) is 11.9. The lowest BCUT2D eigenvalue weighted by Crippen LogP contribution is -2.26. The summed E-state index contributed by atoms with van der Waals surface area (Å²) in [5.41, 5.74) is -0.186. The molecule has 0 saturated carbocycles. The normalized spacial score (nSPS) is 11.7. The van der Waals surface area contributed by atoms with Crippen molar-refractivity contribution in [1.82, 2.24) is 9.90 Å². The van der Waals surface area contributed by atoms with Gasteiger partial charge in [-0.1, -0.05) is 21.3 Å². The van der Waals surface area contributed by atoms with E-state index in [4.69, 9.17) is 0 Å². The first-order valence-corrected chi connectivity index (χ1v) is 7.25. The molecular weight excluding hydrogens is 354 g/mol. The summed E-state index contributed by atoms with van der Waals surface area (Å²) in [5, 5.41) is 15.1.